The van der Waals surface area contributed by atoms with Crippen LogP contribution in [0.25, 0.3) is 0 Å². The molecule has 0 aliphatic heterocycles. The van der Waals surface area contributed by atoms with Crippen molar-refractivity contribution in [3.05, 3.63) is 59.1 Å². The van der Waals surface area contributed by atoms with E-state index in [-0.39, 0.29) is 5.91 Å². The van der Waals surface area contributed by atoms with Gasteiger partial charge in [0.25, 0.3) is 5.91 Å². The number of hydrogen-bond donors (Lipinski definition) is 1. The lowest BCUT2D eigenvalue weighted by atomic mass is 10.2. The number of nitrogens with one attached hydrogen (secondary N) is 1. The van der Waals surface area contributed by atoms with Crippen molar-refractivity contribution in [3.63, 3.8) is 0 Å². The number of benzene rings is 2. The third kappa shape index (κ3) is 6.25. The van der Waals surface area contributed by atoms with Gasteiger partial charge in [-0.05, 0) is 55.0 Å². The molecule has 1 amide bonds. The van der Waals surface area contributed by atoms with Crippen molar-refractivity contribution < 1.29 is 9.53 Å². The number of carbonyl (C=O) groups excluding carboxylic acids is 1. The number of hydrogen-bond acceptors (Lipinski definition) is 2. The van der Waals surface area contributed by atoms with Gasteiger partial charge in [-0.1, -0.05) is 44.2 Å². The van der Waals surface area contributed by atoms with Crippen molar-refractivity contribution >= 4 is 23.2 Å². The van der Waals surface area contributed by atoms with E-state index in [2.05, 4.69) is 12.2 Å². The maximum Gasteiger partial charge on any atom is 0.255 e. The van der Waals surface area contributed by atoms with E-state index >= 15 is 0 Å². The average Bonchev–Trinajstić information content (AvgIpc) is 2.60. The fourth-order valence-corrected chi connectivity index (χ4v) is 2.46. The molecule has 2 aromatic carbocycles. The van der Waals surface area contributed by atoms with E-state index in [4.69, 9.17) is 16.3 Å². The van der Waals surface area contributed by atoms with E-state index in [1.165, 1.54) is 25.7 Å². The van der Waals surface area contributed by atoms with E-state index < -0.39 is 0 Å². The van der Waals surface area contributed by atoms with Gasteiger partial charge in [0.1, 0.15) is 5.75 Å². The van der Waals surface area contributed by atoms with Crippen molar-refractivity contribution in [2.75, 3.05) is 11.9 Å². The van der Waals surface area contributed by atoms with Gasteiger partial charge >= 0.3 is 0 Å². The van der Waals surface area contributed by atoms with Gasteiger partial charge < -0.3 is 10.1 Å². The number of unbranched alkanes of at least 4 members (excludes halogenated alkanes) is 4. The van der Waals surface area contributed by atoms with Crippen LogP contribution in [0.15, 0.2) is 48.5 Å². The summed E-state index contributed by atoms with van der Waals surface area (Å²) < 4.78 is 5.72. The van der Waals surface area contributed by atoms with E-state index in [1.807, 2.05) is 24.3 Å². The molecule has 0 atom stereocenters. The molecule has 0 aliphatic carbocycles. The van der Waals surface area contributed by atoms with Crippen molar-refractivity contribution in [1.82, 2.24) is 0 Å². The lowest BCUT2D eigenvalue weighted by molar-refractivity contribution is 0.102. The Morgan fingerprint density at radius 1 is 0.958 bits per heavy atom. The topological polar surface area (TPSA) is 38.3 Å². The zero-order valence-corrected chi connectivity index (χ0v) is 14.8. The molecule has 1 N–H and O–H groups in total. The van der Waals surface area contributed by atoms with Gasteiger partial charge in [-0.15, -0.1) is 0 Å². The Morgan fingerprint density at radius 3 is 2.29 bits per heavy atom. The molecule has 0 saturated carbocycles. The highest BCUT2D eigenvalue weighted by atomic mass is 35.5. The van der Waals surface area contributed by atoms with Gasteiger partial charge in [-0.2, -0.15) is 0 Å². The molecule has 2 rings (SSSR count). The monoisotopic (exact) mass is 345 g/mol. The molecule has 0 spiro atoms. The first kappa shape index (κ1) is 18.3. The van der Waals surface area contributed by atoms with Gasteiger partial charge in [-0.25, -0.2) is 0 Å². The van der Waals surface area contributed by atoms with E-state index in [0.29, 0.717) is 10.6 Å². The lowest BCUT2D eigenvalue weighted by Crippen LogP contribution is -2.11. The number of rotatable bonds is 9. The van der Waals surface area contributed by atoms with Crippen LogP contribution in [0, 0.1) is 0 Å². The van der Waals surface area contributed by atoms with Crippen LogP contribution in [0.5, 0.6) is 5.75 Å². The Hall–Kier alpha value is -2.00. The maximum absolute atomic E-state index is 12.1. The van der Waals surface area contributed by atoms with Gasteiger partial charge in [0, 0.05) is 16.3 Å². The molecule has 0 bridgehead atoms. The number of ether oxygens (including phenoxy) is 1. The van der Waals surface area contributed by atoms with Gasteiger partial charge in [0.2, 0.25) is 0 Å². The van der Waals surface area contributed by atoms with Crippen molar-refractivity contribution in [1.29, 1.82) is 0 Å². The molecular weight excluding hydrogens is 322 g/mol. The molecule has 3 nitrogen and oxygen atoms in total. The summed E-state index contributed by atoms with van der Waals surface area (Å²) in [5, 5.41) is 3.47. The first-order valence-electron chi connectivity index (χ1n) is 8.49. The normalized spacial score (nSPS) is 10.4. The van der Waals surface area contributed by atoms with Crippen LogP contribution in [0.1, 0.15) is 49.4 Å². The van der Waals surface area contributed by atoms with Crippen LogP contribution >= 0.6 is 11.6 Å². The highest BCUT2D eigenvalue weighted by Gasteiger charge is 2.06. The summed E-state index contributed by atoms with van der Waals surface area (Å²) in [4.78, 5) is 12.1. The van der Waals surface area contributed by atoms with Crippen molar-refractivity contribution in [2.45, 2.75) is 39.0 Å². The zero-order chi connectivity index (χ0) is 17.2. The molecule has 2 aromatic rings. The van der Waals surface area contributed by atoms with E-state index in [9.17, 15) is 4.79 Å². The molecule has 0 aromatic heterocycles. The van der Waals surface area contributed by atoms with Crippen LogP contribution in [0.3, 0.4) is 0 Å². The highest BCUT2D eigenvalue weighted by Crippen LogP contribution is 2.18. The SMILES string of the molecule is CCCCCCCOc1ccc(NC(=O)c2ccc(Cl)cc2)cc1. The molecule has 4 heteroatoms. The van der Waals surface area contributed by atoms with Crippen LogP contribution in [-0.4, -0.2) is 12.5 Å². The first-order valence-corrected chi connectivity index (χ1v) is 8.86. The molecular formula is C20H24ClNO2. The van der Waals surface area contributed by atoms with Gasteiger partial charge in [0.05, 0.1) is 6.61 Å². The summed E-state index contributed by atoms with van der Waals surface area (Å²) >= 11 is 5.83. The second-order valence-electron chi connectivity index (χ2n) is 5.75. The van der Waals surface area contributed by atoms with E-state index in [1.54, 1.807) is 24.3 Å². The van der Waals surface area contributed by atoms with Gasteiger partial charge in [-0.3, -0.25) is 4.79 Å². The van der Waals surface area contributed by atoms with Crippen LogP contribution in [-0.2, 0) is 0 Å². The quantitative estimate of drug-likeness (QED) is 0.571. The number of amides is 1. The van der Waals surface area contributed by atoms with Crippen molar-refractivity contribution in [3.8, 4) is 5.75 Å². The standard InChI is InChI=1S/C20H24ClNO2/c1-2-3-4-5-6-15-24-19-13-11-18(12-14-19)22-20(23)16-7-9-17(21)10-8-16/h7-14H,2-6,15H2,1H3,(H,22,23). The zero-order valence-electron chi connectivity index (χ0n) is 14.1. The molecule has 128 valence electrons. The predicted molar refractivity (Wildman–Crippen MR) is 100 cm³/mol. The number of carbonyl (C=O) groups is 1. The van der Waals surface area contributed by atoms with Crippen LogP contribution in [0.4, 0.5) is 5.69 Å². The fourth-order valence-electron chi connectivity index (χ4n) is 2.33. The molecule has 0 aliphatic rings. The minimum atomic E-state index is -0.156. The molecule has 0 radical (unpaired) electrons. The highest BCUT2D eigenvalue weighted by molar-refractivity contribution is 6.30. The Balaban J connectivity index is 1.77. The second-order valence-corrected chi connectivity index (χ2v) is 6.18. The summed E-state index contributed by atoms with van der Waals surface area (Å²) in [7, 11) is 0. The first-order chi connectivity index (χ1) is 11.7. The Morgan fingerprint density at radius 2 is 1.62 bits per heavy atom. The molecule has 0 unspecified atom stereocenters. The summed E-state index contributed by atoms with van der Waals surface area (Å²) in [5.41, 5.74) is 1.32. The number of anilines is 1. The second kappa shape index (κ2) is 9.99. The molecule has 24 heavy (non-hydrogen) atoms. The third-order valence-electron chi connectivity index (χ3n) is 3.74. The average molecular weight is 346 g/mol. The Bertz CT molecular complexity index is 623. The van der Waals surface area contributed by atoms with E-state index in [0.717, 1.165) is 24.5 Å². The lowest BCUT2D eigenvalue weighted by Gasteiger charge is -2.08. The predicted octanol–water partition coefficient (Wildman–Crippen LogP) is 5.94. The number of halogens is 1. The smallest absolute Gasteiger partial charge is 0.255 e. The maximum atomic E-state index is 12.1. The fraction of sp³-hybridized carbons (Fsp3) is 0.350. The summed E-state index contributed by atoms with van der Waals surface area (Å²) in [6, 6.07) is 14.3. The molecule has 0 heterocycles. The Labute approximate surface area is 149 Å². The Kier molecular flexibility index (Phi) is 7.63. The summed E-state index contributed by atoms with van der Waals surface area (Å²) in [6.07, 6.45) is 6.11. The molecule has 0 fully saturated rings. The third-order valence-corrected chi connectivity index (χ3v) is 3.99. The van der Waals surface area contributed by atoms with Crippen molar-refractivity contribution in [2.24, 2.45) is 0 Å². The molecule has 0 saturated heterocycles. The largest absolute Gasteiger partial charge is 0.494 e. The van der Waals surface area contributed by atoms with Crippen LogP contribution in [0.2, 0.25) is 5.02 Å². The van der Waals surface area contributed by atoms with Gasteiger partial charge in [0.15, 0.2) is 0 Å². The van der Waals surface area contributed by atoms with Crippen LogP contribution < -0.4 is 10.1 Å². The minimum absolute atomic E-state index is 0.156. The minimum Gasteiger partial charge on any atom is -0.494 e. The summed E-state index contributed by atoms with van der Waals surface area (Å²) in [5.74, 6) is 0.672. The summed E-state index contributed by atoms with van der Waals surface area (Å²) in [6.45, 7) is 2.95.